The zero-order chi connectivity index (χ0) is 16.3. The Hall–Kier alpha value is -1.77. The molecule has 0 saturated heterocycles. The summed E-state index contributed by atoms with van der Waals surface area (Å²) in [6, 6.07) is 4.49. The van der Waals surface area contributed by atoms with E-state index in [1.54, 1.807) is 20.0 Å². The van der Waals surface area contributed by atoms with Crippen LogP contribution in [-0.4, -0.2) is 30.4 Å². The average Bonchev–Trinajstić information content (AvgIpc) is 2.94. The molecule has 0 aliphatic carbocycles. The van der Waals surface area contributed by atoms with E-state index >= 15 is 0 Å². The van der Waals surface area contributed by atoms with Gasteiger partial charge in [0, 0.05) is 17.6 Å². The van der Waals surface area contributed by atoms with Crippen LogP contribution in [-0.2, 0) is 16.4 Å². The fourth-order valence-corrected chi connectivity index (χ4v) is 3.93. The number of carboxylic acid groups (broad SMARTS) is 1. The monoisotopic (exact) mass is 340 g/mol. The van der Waals surface area contributed by atoms with Gasteiger partial charge >= 0.3 is 5.97 Å². The van der Waals surface area contributed by atoms with Gasteiger partial charge in [0.05, 0.1) is 10.5 Å². The fraction of sp³-hybridized carbons (Fsp3) is 0.286. The molecule has 0 aliphatic heterocycles. The van der Waals surface area contributed by atoms with Crippen LogP contribution in [0.5, 0.6) is 0 Å². The van der Waals surface area contributed by atoms with Gasteiger partial charge in [0.15, 0.2) is 0 Å². The van der Waals surface area contributed by atoms with E-state index in [0.29, 0.717) is 17.5 Å². The molecule has 0 radical (unpaired) electrons. The molecule has 0 aliphatic rings. The average molecular weight is 340 g/mol. The van der Waals surface area contributed by atoms with Crippen LogP contribution >= 0.6 is 11.5 Å². The second kappa shape index (κ2) is 6.55. The molecule has 22 heavy (non-hydrogen) atoms. The SMILES string of the molecule is Cc1cc(C(=O)O)cc(S(=O)(=O)NCCc2ccns2)c1C. The maximum atomic E-state index is 12.4. The third kappa shape index (κ3) is 3.70. The number of aromatic nitrogens is 1. The summed E-state index contributed by atoms with van der Waals surface area (Å²) in [4.78, 5) is 12.1. The molecule has 0 saturated carbocycles. The van der Waals surface area contributed by atoms with Crippen molar-refractivity contribution in [3.05, 3.63) is 46.0 Å². The van der Waals surface area contributed by atoms with Gasteiger partial charge in [-0.15, -0.1) is 0 Å². The van der Waals surface area contributed by atoms with E-state index in [2.05, 4.69) is 9.10 Å². The summed E-state index contributed by atoms with van der Waals surface area (Å²) in [5, 5.41) is 9.07. The second-order valence-corrected chi connectivity index (χ2v) is 7.50. The number of hydrogen-bond donors (Lipinski definition) is 2. The number of hydrogen-bond acceptors (Lipinski definition) is 5. The van der Waals surface area contributed by atoms with Gasteiger partial charge in [0.2, 0.25) is 10.0 Å². The van der Waals surface area contributed by atoms with Crippen molar-refractivity contribution >= 4 is 27.5 Å². The van der Waals surface area contributed by atoms with Crippen LogP contribution in [0, 0.1) is 13.8 Å². The third-order valence-corrected chi connectivity index (χ3v) is 5.70. The Balaban J connectivity index is 2.23. The molecule has 0 bridgehead atoms. The molecule has 118 valence electrons. The number of carbonyl (C=O) groups is 1. The number of rotatable bonds is 6. The Morgan fingerprint density at radius 3 is 2.68 bits per heavy atom. The van der Waals surface area contributed by atoms with Crippen LogP contribution in [0.2, 0.25) is 0 Å². The molecule has 1 aromatic heterocycles. The van der Waals surface area contributed by atoms with Gasteiger partial charge < -0.3 is 5.11 Å². The van der Waals surface area contributed by atoms with E-state index in [-0.39, 0.29) is 17.0 Å². The summed E-state index contributed by atoms with van der Waals surface area (Å²) >= 11 is 1.32. The van der Waals surface area contributed by atoms with Crippen molar-refractivity contribution in [1.82, 2.24) is 9.10 Å². The van der Waals surface area contributed by atoms with Crippen LogP contribution in [0.25, 0.3) is 0 Å². The minimum atomic E-state index is -3.75. The summed E-state index contributed by atoms with van der Waals surface area (Å²) in [6.45, 7) is 3.59. The molecule has 6 nitrogen and oxygen atoms in total. The third-order valence-electron chi connectivity index (χ3n) is 3.31. The summed E-state index contributed by atoms with van der Waals surface area (Å²) < 4.78 is 31.2. The zero-order valence-corrected chi connectivity index (χ0v) is 13.8. The van der Waals surface area contributed by atoms with Crippen LogP contribution in [0.4, 0.5) is 0 Å². The molecule has 0 fully saturated rings. The van der Waals surface area contributed by atoms with Gasteiger partial charge in [0.25, 0.3) is 0 Å². The minimum Gasteiger partial charge on any atom is -0.478 e. The molecule has 0 atom stereocenters. The van der Waals surface area contributed by atoms with Gasteiger partial charge in [-0.05, 0) is 61.1 Å². The summed E-state index contributed by atoms with van der Waals surface area (Å²) in [5.74, 6) is -1.15. The van der Waals surface area contributed by atoms with E-state index < -0.39 is 16.0 Å². The number of aromatic carboxylic acids is 1. The van der Waals surface area contributed by atoms with E-state index in [1.807, 2.05) is 6.07 Å². The molecule has 0 spiro atoms. The van der Waals surface area contributed by atoms with E-state index in [4.69, 9.17) is 5.11 Å². The molecule has 8 heteroatoms. The largest absolute Gasteiger partial charge is 0.478 e. The van der Waals surface area contributed by atoms with Crippen molar-refractivity contribution in [3.63, 3.8) is 0 Å². The van der Waals surface area contributed by atoms with Crippen molar-refractivity contribution in [2.75, 3.05) is 6.54 Å². The highest BCUT2D eigenvalue weighted by Crippen LogP contribution is 2.21. The predicted molar refractivity (Wildman–Crippen MR) is 83.9 cm³/mol. The van der Waals surface area contributed by atoms with E-state index in [0.717, 1.165) is 4.88 Å². The Bertz CT molecular complexity index is 783. The summed E-state index contributed by atoms with van der Waals surface area (Å²) in [6.07, 6.45) is 2.21. The fourth-order valence-electron chi connectivity index (χ4n) is 1.99. The number of benzene rings is 1. The normalized spacial score (nSPS) is 11.5. The van der Waals surface area contributed by atoms with Crippen molar-refractivity contribution in [1.29, 1.82) is 0 Å². The smallest absolute Gasteiger partial charge is 0.335 e. The van der Waals surface area contributed by atoms with Crippen molar-refractivity contribution in [2.24, 2.45) is 0 Å². The van der Waals surface area contributed by atoms with Crippen LogP contribution in [0.1, 0.15) is 26.4 Å². The molecule has 0 unspecified atom stereocenters. The Kier molecular flexibility index (Phi) is 4.94. The number of nitrogens with one attached hydrogen (secondary N) is 1. The standard InChI is InChI=1S/C14H16N2O4S2/c1-9-7-11(14(17)18)8-13(10(9)2)22(19,20)16-6-4-12-3-5-15-21-12/h3,5,7-8,16H,4,6H2,1-2H3,(H,17,18). The van der Waals surface area contributed by atoms with Gasteiger partial charge in [-0.25, -0.2) is 22.3 Å². The first-order valence-electron chi connectivity index (χ1n) is 6.55. The van der Waals surface area contributed by atoms with Gasteiger partial charge in [-0.3, -0.25) is 0 Å². The summed E-state index contributed by atoms with van der Waals surface area (Å²) in [5.41, 5.74) is 1.14. The summed E-state index contributed by atoms with van der Waals surface area (Å²) in [7, 11) is -3.75. The Labute approximate surface area is 133 Å². The van der Waals surface area contributed by atoms with E-state index in [1.165, 1.54) is 23.7 Å². The first-order valence-corrected chi connectivity index (χ1v) is 8.80. The predicted octanol–water partition coefficient (Wildman–Crippen LogP) is 1.98. The quantitative estimate of drug-likeness (QED) is 0.838. The van der Waals surface area contributed by atoms with Gasteiger partial charge in [-0.2, -0.15) is 0 Å². The lowest BCUT2D eigenvalue weighted by Crippen LogP contribution is -2.27. The lowest BCUT2D eigenvalue weighted by atomic mass is 10.1. The van der Waals surface area contributed by atoms with E-state index in [9.17, 15) is 13.2 Å². The molecule has 2 N–H and O–H groups in total. The highest BCUT2D eigenvalue weighted by atomic mass is 32.2. The number of carboxylic acids is 1. The number of aryl methyl sites for hydroxylation is 1. The molecule has 2 rings (SSSR count). The first kappa shape index (κ1) is 16.6. The molecule has 0 amide bonds. The van der Waals surface area contributed by atoms with Crippen LogP contribution in [0.3, 0.4) is 0 Å². The minimum absolute atomic E-state index is 0.00852. The lowest BCUT2D eigenvalue weighted by molar-refractivity contribution is 0.0696. The maximum Gasteiger partial charge on any atom is 0.335 e. The Morgan fingerprint density at radius 2 is 2.09 bits per heavy atom. The highest BCUT2D eigenvalue weighted by Gasteiger charge is 2.20. The number of sulfonamides is 1. The maximum absolute atomic E-state index is 12.4. The second-order valence-electron chi connectivity index (χ2n) is 4.85. The zero-order valence-electron chi connectivity index (χ0n) is 12.2. The first-order chi connectivity index (χ1) is 10.3. The topological polar surface area (TPSA) is 96.4 Å². The van der Waals surface area contributed by atoms with Crippen LogP contribution < -0.4 is 4.72 Å². The van der Waals surface area contributed by atoms with Gasteiger partial charge in [0.1, 0.15) is 0 Å². The molecule has 1 heterocycles. The van der Waals surface area contributed by atoms with Crippen molar-refractivity contribution < 1.29 is 18.3 Å². The van der Waals surface area contributed by atoms with Crippen molar-refractivity contribution in [2.45, 2.75) is 25.2 Å². The molecule has 2 aromatic rings. The lowest BCUT2D eigenvalue weighted by Gasteiger charge is -2.12. The van der Waals surface area contributed by atoms with Gasteiger partial charge in [-0.1, -0.05) is 0 Å². The van der Waals surface area contributed by atoms with Crippen molar-refractivity contribution in [3.8, 4) is 0 Å². The Morgan fingerprint density at radius 1 is 1.36 bits per heavy atom. The van der Waals surface area contributed by atoms with Crippen LogP contribution in [0.15, 0.2) is 29.3 Å². The molecular weight excluding hydrogens is 324 g/mol. The highest BCUT2D eigenvalue weighted by molar-refractivity contribution is 7.89. The molecular formula is C14H16N2O4S2. The number of nitrogens with zero attached hydrogens (tertiary/aromatic N) is 1. The molecule has 1 aromatic carbocycles.